The van der Waals surface area contributed by atoms with Crippen molar-refractivity contribution in [3.8, 4) is 11.5 Å². The third kappa shape index (κ3) is 7.14. The molecule has 0 aromatic heterocycles. The van der Waals surface area contributed by atoms with Crippen LogP contribution in [0, 0.1) is 11.5 Å². The predicted molar refractivity (Wildman–Crippen MR) is 146 cm³/mol. The second-order valence-corrected chi connectivity index (χ2v) is 24.7. The summed E-state index contributed by atoms with van der Waals surface area (Å²) in [6.45, 7) is 23.2. The van der Waals surface area contributed by atoms with Gasteiger partial charge in [0, 0.05) is 0 Å². The normalized spacial score (nSPS) is 28.8. The molecular formula is C25H50O5Si3. The van der Waals surface area contributed by atoms with Gasteiger partial charge in [-0.25, -0.2) is 0 Å². The highest BCUT2D eigenvalue weighted by molar-refractivity contribution is 6.83. The lowest BCUT2D eigenvalue weighted by Gasteiger charge is -2.52. The summed E-state index contributed by atoms with van der Waals surface area (Å²) in [4.78, 5) is 0. The Balaban J connectivity index is 3.62. The molecule has 1 aliphatic heterocycles. The van der Waals surface area contributed by atoms with E-state index in [9.17, 15) is 10.2 Å². The van der Waals surface area contributed by atoms with Crippen molar-refractivity contribution in [3.05, 3.63) is 12.7 Å². The summed E-state index contributed by atoms with van der Waals surface area (Å²) in [5, 5.41) is 22.3. The van der Waals surface area contributed by atoms with Gasteiger partial charge in [0.15, 0.2) is 16.6 Å². The Labute approximate surface area is 206 Å². The lowest BCUT2D eigenvalue weighted by Crippen LogP contribution is -2.69. The first-order valence-electron chi connectivity index (χ1n) is 12.9. The molecule has 5 atom stereocenters. The van der Waals surface area contributed by atoms with Gasteiger partial charge in [0.05, 0.1) is 6.61 Å². The average molecular weight is 515 g/mol. The fourth-order valence-electron chi connectivity index (χ4n) is 4.63. The Kier molecular flexibility index (Phi) is 11.8. The van der Waals surface area contributed by atoms with Crippen LogP contribution in [0.4, 0.5) is 0 Å². The standard InChI is InChI=1S/C25H50O5Si3/c1-11-25(20-26)24(30-33(15-5,16-6)17-7)22(27)23(29-32(12-2,13-3)14-4)21(28-25)18-19-31(8,9)10/h11,21-24,26-27H,1,12-17,20H2,2-10H3/t21-,22+,23-,24-,25+/m0/s1. The first kappa shape index (κ1) is 30.8. The maximum Gasteiger partial charge on any atom is 0.192 e. The van der Waals surface area contributed by atoms with E-state index >= 15 is 0 Å². The zero-order chi connectivity index (χ0) is 25.5. The zero-order valence-electron chi connectivity index (χ0n) is 22.7. The van der Waals surface area contributed by atoms with Crippen molar-refractivity contribution < 1.29 is 23.8 Å². The molecule has 0 aliphatic carbocycles. The zero-order valence-corrected chi connectivity index (χ0v) is 25.7. The highest BCUT2D eigenvalue weighted by atomic mass is 28.4. The van der Waals surface area contributed by atoms with Gasteiger partial charge < -0.3 is 23.8 Å². The number of aliphatic hydroxyl groups excluding tert-OH is 2. The fraction of sp³-hybridized carbons (Fsp3) is 0.840. The average Bonchev–Trinajstić information content (AvgIpc) is 2.82. The van der Waals surface area contributed by atoms with Crippen LogP contribution >= 0.6 is 0 Å². The number of aliphatic hydroxyl groups is 2. The first-order valence-corrected chi connectivity index (χ1v) is 21.4. The molecule has 0 spiro atoms. The second-order valence-electron chi connectivity index (χ2n) is 10.5. The van der Waals surface area contributed by atoms with Crippen molar-refractivity contribution in [1.82, 2.24) is 0 Å². The Morgan fingerprint density at radius 3 is 1.73 bits per heavy atom. The third-order valence-electron chi connectivity index (χ3n) is 7.58. The van der Waals surface area contributed by atoms with Gasteiger partial charge in [-0.15, -0.1) is 12.1 Å². The van der Waals surface area contributed by atoms with Crippen molar-refractivity contribution >= 4 is 24.7 Å². The van der Waals surface area contributed by atoms with Crippen LogP contribution in [0.25, 0.3) is 0 Å². The van der Waals surface area contributed by atoms with Gasteiger partial charge in [-0.1, -0.05) is 73.2 Å². The van der Waals surface area contributed by atoms with Gasteiger partial charge in [0.25, 0.3) is 0 Å². The van der Waals surface area contributed by atoms with Gasteiger partial charge in [0.2, 0.25) is 0 Å². The Morgan fingerprint density at radius 1 is 0.909 bits per heavy atom. The Hall–Kier alpha value is -0.249. The molecule has 5 nitrogen and oxygen atoms in total. The summed E-state index contributed by atoms with van der Waals surface area (Å²) in [5.41, 5.74) is 2.19. The molecule has 0 aromatic carbocycles. The van der Waals surface area contributed by atoms with E-state index in [2.05, 4.69) is 79.2 Å². The molecule has 0 unspecified atom stereocenters. The van der Waals surface area contributed by atoms with E-state index in [0.717, 1.165) is 36.3 Å². The van der Waals surface area contributed by atoms with Crippen LogP contribution in [0.1, 0.15) is 41.5 Å². The summed E-state index contributed by atoms with van der Waals surface area (Å²) in [6.07, 6.45) is -1.35. The maximum atomic E-state index is 11.8. The largest absolute Gasteiger partial charge is 0.408 e. The number of hydrogen-bond donors (Lipinski definition) is 2. The topological polar surface area (TPSA) is 68.2 Å². The molecule has 0 aromatic rings. The van der Waals surface area contributed by atoms with Gasteiger partial charge in [0.1, 0.15) is 38.1 Å². The summed E-state index contributed by atoms with van der Waals surface area (Å²) in [5.74, 6) is 3.31. The van der Waals surface area contributed by atoms with Crippen molar-refractivity contribution in [2.45, 2.75) is 127 Å². The summed E-state index contributed by atoms with van der Waals surface area (Å²) in [6, 6.07) is 5.70. The minimum Gasteiger partial charge on any atom is -0.408 e. The van der Waals surface area contributed by atoms with E-state index in [1.807, 2.05) is 0 Å². The molecule has 33 heavy (non-hydrogen) atoms. The lowest BCUT2D eigenvalue weighted by atomic mass is 9.85. The number of rotatable bonds is 12. The Bertz CT molecular complexity index is 659. The van der Waals surface area contributed by atoms with Crippen molar-refractivity contribution in [1.29, 1.82) is 0 Å². The molecule has 0 bridgehead atoms. The quantitative estimate of drug-likeness (QED) is 0.209. The molecule has 1 aliphatic rings. The predicted octanol–water partition coefficient (Wildman–Crippen LogP) is 5.32. The van der Waals surface area contributed by atoms with E-state index in [1.54, 1.807) is 6.08 Å². The minimum absolute atomic E-state index is 0.324. The molecule has 1 fully saturated rings. The van der Waals surface area contributed by atoms with Gasteiger partial charge in [-0.2, -0.15) is 0 Å². The molecule has 0 saturated carbocycles. The summed E-state index contributed by atoms with van der Waals surface area (Å²) >= 11 is 0. The molecule has 1 heterocycles. The van der Waals surface area contributed by atoms with Crippen molar-refractivity contribution in [2.24, 2.45) is 0 Å². The maximum absolute atomic E-state index is 11.8. The van der Waals surface area contributed by atoms with Crippen molar-refractivity contribution in [2.75, 3.05) is 6.61 Å². The van der Waals surface area contributed by atoms with Crippen LogP contribution in [-0.2, 0) is 13.6 Å². The first-order chi connectivity index (χ1) is 15.4. The molecule has 1 rings (SSSR count). The number of hydrogen-bond acceptors (Lipinski definition) is 5. The van der Waals surface area contributed by atoms with Crippen LogP contribution in [0.5, 0.6) is 0 Å². The third-order valence-corrected chi connectivity index (χ3v) is 17.7. The van der Waals surface area contributed by atoms with Crippen LogP contribution in [-0.4, -0.2) is 71.5 Å². The van der Waals surface area contributed by atoms with Gasteiger partial charge in [-0.05, 0) is 36.3 Å². The van der Waals surface area contributed by atoms with E-state index in [1.165, 1.54) is 0 Å². The molecule has 0 amide bonds. The van der Waals surface area contributed by atoms with Gasteiger partial charge in [-0.3, -0.25) is 0 Å². The molecule has 1 saturated heterocycles. The second kappa shape index (κ2) is 12.6. The smallest absolute Gasteiger partial charge is 0.192 e. The van der Waals surface area contributed by atoms with Gasteiger partial charge >= 0.3 is 0 Å². The summed E-state index contributed by atoms with van der Waals surface area (Å²) in [7, 11) is -5.89. The number of ether oxygens (including phenoxy) is 1. The molecular weight excluding hydrogens is 465 g/mol. The van der Waals surface area contributed by atoms with E-state index in [4.69, 9.17) is 13.6 Å². The van der Waals surface area contributed by atoms with E-state index < -0.39 is 54.7 Å². The lowest BCUT2D eigenvalue weighted by molar-refractivity contribution is -0.237. The van der Waals surface area contributed by atoms with Crippen LogP contribution < -0.4 is 0 Å². The highest BCUT2D eigenvalue weighted by Gasteiger charge is 2.56. The summed E-state index contributed by atoms with van der Waals surface area (Å²) < 4.78 is 20.2. The van der Waals surface area contributed by atoms with Crippen LogP contribution in [0.15, 0.2) is 12.7 Å². The van der Waals surface area contributed by atoms with E-state index in [-0.39, 0.29) is 6.61 Å². The molecule has 2 N–H and O–H groups in total. The molecule has 192 valence electrons. The fourth-order valence-corrected chi connectivity index (χ4v) is 10.9. The van der Waals surface area contributed by atoms with Crippen LogP contribution in [0.2, 0.25) is 55.9 Å². The monoisotopic (exact) mass is 514 g/mol. The van der Waals surface area contributed by atoms with E-state index in [0.29, 0.717) is 0 Å². The highest BCUT2D eigenvalue weighted by Crippen LogP contribution is 2.40. The minimum atomic E-state index is -2.12. The van der Waals surface area contributed by atoms with Crippen molar-refractivity contribution in [3.63, 3.8) is 0 Å². The van der Waals surface area contributed by atoms with Crippen LogP contribution in [0.3, 0.4) is 0 Å². The SMILES string of the molecule is C=C[C@]1(CO)O[C@@H](C#C[Si](C)(C)C)[C@H](O[Si](CC)(CC)CC)[C@@H](O)[C@@H]1O[Si](CC)(CC)CC. The molecule has 8 heteroatoms. The molecule has 0 radical (unpaired) electrons. The Morgan fingerprint density at radius 2 is 1.36 bits per heavy atom.